The monoisotopic (exact) mass is 376 g/mol. The number of nitrogens with zero attached hydrogens (tertiary/aromatic N) is 2. The van der Waals surface area contributed by atoms with E-state index in [1.54, 1.807) is 12.1 Å². The number of halogens is 1. The number of urea groups is 1. The Balaban J connectivity index is 1.52. The van der Waals surface area contributed by atoms with Crippen LogP contribution in [0, 0.1) is 5.82 Å². The fourth-order valence-electron chi connectivity index (χ4n) is 4.01. The van der Waals surface area contributed by atoms with Gasteiger partial charge in [0.05, 0.1) is 0 Å². The van der Waals surface area contributed by atoms with Crippen LogP contribution in [0.1, 0.15) is 43.7 Å². The molecule has 1 aromatic carbocycles. The predicted octanol–water partition coefficient (Wildman–Crippen LogP) is 2.27. The first kappa shape index (κ1) is 19.6. The molecule has 27 heavy (non-hydrogen) atoms. The Morgan fingerprint density at radius 1 is 1.30 bits per heavy atom. The van der Waals surface area contributed by atoms with E-state index in [9.17, 15) is 14.0 Å². The van der Waals surface area contributed by atoms with Crippen molar-refractivity contribution in [3.8, 4) is 0 Å². The molecule has 1 aliphatic carbocycles. The van der Waals surface area contributed by atoms with Crippen molar-refractivity contribution < 1.29 is 14.0 Å². The molecule has 148 valence electrons. The predicted molar refractivity (Wildman–Crippen MR) is 102 cm³/mol. The highest BCUT2D eigenvalue weighted by atomic mass is 19.1. The van der Waals surface area contributed by atoms with Gasteiger partial charge in [-0.3, -0.25) is 4.79 Å². The molecule has 2 N–H and O–H groups in total. The van der Waals surface area contributed by atoms with Crippen molar-refractivity contribution >= 4 is 11.9 Å². The largest absolute Gasteiger partial charge is 0.352 e. The van der Waals surface area contributed by atoms with Gasteiger partial charge in [-0.25, -0.2) is 9.18 Å². The number of benzene rings is 1. The zero-order chi connectivity index (χ0) is 19.2. The molecule has 2 aliphatic rings. The van der Waals surface area contributed by atoms with E-state index < -0.39 is 6.04 Å². The third kappa shape index (κ3) is 4.97. The summed E-state index contributed by atoms with van der Waals surface area (Å²) in [6.45, 7) is 2.38. The number of rotatable bonds is 6. The number of hydrogen-bond donors (Lipinski definition) is 2. The summed E-state index contributed by atoms with van der Waals surface area (Å²) >= 11 is 0. The molecule has 1 saturated heterocycles. The topological polar surface area (TPSA) is 64.7 Å². The van der Waals surface area contributed by atoms with Crippen molar-refractivity contribution in [3.05, 3.63) is 35.6 Å². The molecule has 3 amide bonds. The van der Waals surface area contributed by atoms with Gasteiger partial charge in [-0.15, -0.1) is 0 Å². The Kier molecular flexibility index (Phi) is 6.66. The summed E-state index contributed by atoms with van der Waals surface area (Å²) < 4.78 is 13.2. The maximum absolute atomic E-state index is 13.2. The van der Waals surface area contributed by atoms with Crippen LogP contribution in [0.25, 0.3) is 0 Å². The molecule has 1 aromatic rings. The summed E-state index contributed by atoms with van der Waals surface area (Å²) in [6, 6.07) is 5.44. The van der Waals surface area contributed by atoms with Gasteiger partial charge in [-0.1, -0.05) is 25.0 Å². The molecule has 7 heteroatoms. The van der Waals surface area contributed by atoms with Crippen LogP contribution in [0.15, 0.2) is 24.3 Å². The second-order valence-electron chi connectivity index (χ2n) is 7.44. The molecular formula is C20H29FN4O2. The van der Waals surface area contributed by atoms with Gasteiger partial charge in [0, 0.05) is 25.7 Å². The van der Waals surface area contributed by atoms with E-state index >= 15 is 0 Å². The first-order valence-electron chi connectivity index (χ1n) is 9.84. The van der Waals surface area contributed by atoms with E-state index in [0.29, 0.717) is 31.2 Å². The minimum Gasteiger partial charge on any atom is -0.352 e. The molecule has 0 radical (unpaired) electrons. The Labute approximate surface area is 160 Å². The average Bonchev–Trinajstić information content (AvgIpc) is 3.20. The Hall–Kier alpha value is -2.15. The van der Waals surface area contributed by atoms with Crippen LogP contribution in [0.4, 0.5) is 9.18 Å². The number of hydrogen-bond acceptors (Lipinski definition) is 3. The maximum atomic E-state index is 13.2. The minimum absolute atomic E-state index is 0.232. The van der Waals surface area contributed by atoms with Crippen LogP contribution in [0.3, 0.4) is 0 Å². The highest BCUT2D eigenvalue weighted by Crippen LogP contribution is 2.24. The third-order valence-electron chi connectivity index (χ3n) is 5.57. The lowest BCUT2D eigenvalue weighted by molar-refractivity contribution is -0.127. The second-order valence-corrected chi connectivity index (χ2v) is 7.44. The summed E-state index contributed by atoms with van der Waals surface area (Å²) in [6.07, 6.45) is 6.04. The number of amides is 3. The lowest BCUT2D eigenvalue weighted by Crippen LogP contribution is -2.55. The van der Waals surface area contributed by atoms with Crippen LogP contribution in [0.2, 0.25) is 0 Å². The standard InChI is InChI=1S/C20H29FN4O2/c1-24(17-5-2-3-6-17)13-4-11-23-20(27)25-14-12-22-19(26)18(25)15-7-9-16(21)10-8-15/h7-10,17-18H,2-6,11-14H2,1H3,(H,22,26)(H,23,27)/t18-/m1/s1. The van der Waals surface area contributed by atoms with Crippen molar-refractivity contribution in [1.29, 1.82) is 0 Å². The first-order valence-corrected chi connectivity index (χ1v) is 9.84. The number of nitrogens with one attached hydrogen (secondary N) is 2. The molecule has 2 fully saturated rings. The van der Waals surface area contributed by atoms with E-state index in [1.807, 2.05) is 0 Å². The van der Waals surface area contributed by atoms with Crippen LogP contribution >= 0.6 is 0 Å². The highest BCUT2D eigenvalue weighted by Gasteiger charge is 2.34. The fourth-order valence-corrected chi connectivity index (χ4v) is 4.01. The van der Waals surface area contributed by atoms with Crippen molar-refractivity contribution in [1.82, 2.24) is 20.4 Å². The molecule has 1 heterocycles. The number of carbonyl (C=O) groups is 2. The summed E-state index contributed by atoms with van der Waals surface area (Å²) in [5.41, 5.74) is 0.615. The molecule has 1 atom stereocenters. The van der Waals surface area contributed by atoms with Gasteiger partial charge in [-0.2, -0.15) is 0 Å². The van der Waals surface area contributed by atoms with E-state index in [4.69, 9.17) is 0 Å². The Bertz CT molecular complexity index is 646. The quantitative estimate of drug-likeness (QED) is 0.749. The van der Waals surface area contributed by atoms with Gasteiger partial charge in [0.15, 0.2) is 0 Å². The zero-order valence-electron chi connectivity index (χ0n) is 15.9. The van der Waals surface area contributed by atoms with Gasteiger partial charge in [0.1, 0.15) is 11.9 Å². The van der Waals surface area contributed by atoms with Gasteiger partial charge >= 0.3 is 6.03 Å². The van der Waals surface area contributed by atoms with Gasteiger partial charge in [-0.05, 0) is 50.6 Å². The molecule has 3 rings (SSSR count). The molecular weight excluding hydrogens is 347 g/mol. The van der Waals surface area contributed by atoms with E-state index in [1.165, 1.54) is 42.7 Å². The zero-order valence-corrected chi connectivity index (χ0v) is 15.9. The fraction of sp³-hybridized carbons (Fsp3) is 0.600. The molecule has 0 unspecified atom stereocenters. The van der Waals surface area contributed by atoms with Crippen molar-refractivity contribution in [2.45, 2.75) is 44.2 Å². The number of carbonyl (C=O) groups excluding carboxylic acids is 2. The van der Waals surface area contributed by atoms with Crippen LogP contribution in [0.5, 0.6) is 0 Å². The van der Waals surface area contributed by atoms with Gasteiger partial charge < -0.3 is 20.4 Å². The van der Waals surface area contributed by atoms with E-state index in [0.717, 1.165) is 13.0 Å². The normalized spacial score (nSPS) is 20.8. The van der Waals surface area contributed by atoms with E-state index in [-0.39, 0.29) is 17.8 Å². The van der Waals surface area contributed by atoms with Gasteiger partial charge in [0.2, 0.25) is 5.91 Å². The summed E-state index contributed by atoms with van der Waals surface area (Å²) in [7, 11) is 2.15. The van der Waals surface area contributed by atoms with Crippen LogP contribution in [-0.2, 0) is 4.79 Å². The average molecular weight is 376 g/mol. The molecule has 6 nitrogen and oxygen atoms in total. The third-order valence-corrected chi connectivity index (χ3v) is 5.57. The lowest BCUT2D eigenvalue weighted by atomic mass is 10.0. The summed E-state index contributed by atoms with van der Waals surface area (Å²) in [5, 5.41) is 5.72. The molecule has 1 aliphatic heterocycles. The first-order chi connectivity index (χ1) is 13.1. The summed E-state index contributed by atoms with van der Waals surface area (Å²) in [5.74, 6) is -0.596. The highest BCUT2D eigenvalue weighted by molar-refractivity contribution is 5.89. The number of piperazine rings is 1. The Morgan fingerprint density at radius 2 is 2.00 bits per heavy atom. The molecule has 0 spiro atoms. The minimum atomic E-state index is -0.722. The molecule has 0 aromatic heterocycles. The summed E-state index contributed by atoms with van der Waals surface area (Å²) in [4.78, 5) is 28.9. The van der Waals surface area contributed by atoms with Gasteiger partial charge in [0.25, 0.3) is 0 Å². The lowest BCUT2D eigenvalue weighted by Gasteiger charge is -2.35. The smallest absolute Gasteiger partial charge is 0.318 e. The molecule has 1 saturated carbocycles. The Morgan fingerprint density at radius 3 is 2.70 bits per heavy atom. The van der Waals surface area contributed by atoms with E-state index in [2.05, 4.69) is 22.6 Å². The van der Waals surface area contributed by atoms with Crippen molar-refractivity contribution in [2.75, 3.05) is 33.2 Å². The van der Waals surface area contributed by atoms with Crippen LogP contribution in [-0.4, -0.2) is 61.0 Å². The van der Waals surface area contributed by atoms with Crippen LogP contribution < -0.4 is 10.6 Å². The molecule has 0 bridgehead atoms. The SMILES string of the molecule is CN(CCCNC(=O)N1CCNC(=O)[C@H]1c1ccc(F)cc1)C1CCCC1. The van der Waals surface area contributed by atoms with Crippen molar-refractivity contribution in [3.63, 3.8) is 0 Å². The van der Waals surface area contributed by atoms with Crippen molar-refractivity contribution in [2.24, 2.45) is 0 Å². The second kappa shape index (κ2) is 9.17. The maximum Gasteiger partial charge on any atom is 0.318 e.